The Balaban J connectivity index is 1.56. The molecule has 2 atom stereocenters. The number of rotatable bonds is 3. The van der Waals surface area contributed by atoms with Gasteiger partial charge in [-0.05, 0) is 35.9 Å². The van der Waals surface area contributed by atoms with Crippen molar-refractivity contribution < 1.29 is 9.47 Å². The Morgan fingerprint density at radius 2 is 1.67 bits per heavy atom. The third kappa shape index (κ3) is 2.74. The van der Waals surface area contributed by atoms with Crippen molar-refractivity contribution >= 4 is 5.71 Å². The van der Waals surface area contributed by atoms with E-state index in [1.54, 1.807) is 7.11 Å². The molecule has 2 unspecified atom stereocenters. The molecule has 0 spiro atoms. The van der Waals surface area contributed by atoms with Gasteiger partial charge >= 0.3 is 0 Å². The molecule has 0 saturated carbocycles. The van der Waals surface area contributed by atoms with Gasteiger partial charge in [-0.25, -0.2) is 5.01 Å². The van der Waals surface area contributed by atoms with Crippen LogP contribution in [0.25, 0.3) is 0 Å². The van der Waals surface area contributed by atoms with Gasteiger partial charge in [0.2, 0.25) is 6.23 Å². The van der Waals surface area contributed by atoms with E-state index in [0.717, 1.165) is 34.8 Å². The van der Waals surface area contributed by atoms with Crippen LogP contribution in [0.1, 0.15) is 35.4 Å². The third-order valence-electron chi connectivity index (χ3n) is 5.21. The lowest BCUT2D eigenvalue weighted by Gasteiger charge is -2.38. The summed E-state index contributed by atoms with van der Waals surface area (Å²) >= 11 is 0. The molecule has 27 heavy (non-hydrogen) atoms. The number of methoxy groups -OCH3 is 1. The summed E-state index contributed by atoms with van der Waals surface area (Å²) in [6.07, 6.45) is 0.637. The van der Waals surface area contributed by atoms with Crippen LogP contribution in [0.4, 0.5) is 0 Å². The van der Waals surface area contributed by atoms with Crippen LogP contribution in [0.5, 0.6) is 11.5 Å². The van der Waals surface area contributed by atoms with Gasteiger partial charge in [-0.15, -0.1) is 0 Å². The molecule has 134 valence electrons. The summed E-state index contributed by atoms with van der Waals surface area (Å²) in [6.45, 7) is 0. The molecule has 3 aromatic rings. The molecule has 4 nitrogen and oxygen atoms in total. The molecule has 0 amide bonds. The Kier molecular flexibility index (Phi) is 3.82. The summed E-state index contributed by atoms with van der Waals surface area (Å²) in [6, 6.07) is 26.8. The van der Waals surface area contributed by atoms with Crippen LogP contribution in [0.3, 0.4) is 0 Å². The predicted molar refractivity (Wildman–Crippen MR) is 105 cm³/mol. The third-order valence-corrected chi connectivity index (χ3v) is 5.21. The predicted octanol–water partition coefficient (Wildman–Crippen LogP) is 4.94. The van der Waals surface area contributed by atoms with E-state index in [0.29, 0.717) is 0 Å². The van der Waals surface area contributed by atoms with Crippen molar-refractivity contribution in [1.82, 2.24) is 5.01 Å². The molecule has 0 saturated heterocycles. The molecule has 2 aliphatic heterocycles. The Morgan fingerprint density at radius 3 is 2.44 bits per heavy atom. The number of nitrogens with zero attached hydrogens (tertiary/aromatic N) is 2. The highest BCUT2D eigenvalue weighted by Crippen LogP contribution is 2.47. The van der Waals surface area contributed by atoms with E-state index < -0.39 is 0 Å². The van der Waals surface area contributed by atoms with Crippen LogP contribution in [0.15, 0.2) is 84.0 Å². The van der Waals surface area contributed by atoms with Crippen molar-refractivity contribution in [2.45, 2.75) is 18.7 Å². The monoisotopic (exact) mass is 356 g/mol. The SMILES string of the molecule is COc1ccc(C2=NN3C(C2)c2ccccc2OC3c2ccccc2)cc1. The maximum absolute atomic E-state index is 6.35. The quantitative estimate of drug-likeness (QED) is 0.667. The molecular formula is C23H20N2O2. The fraction of sp³-hybridized carbons (Fsp3) is 0.174. The second-order valence-electron chi connectivity index (χ2n) is 6.79. The van der Waals surface area contributed by atoms with Crippen molar-refractivity contribution in [3.05, 3.63) is 95.6 Å². The van der Waals surface area contributed by atoms with E-state index in [1.807, 2.05) is 42.5 Å². The van der Waals surface area contributed by atoms with Gasteiger partial charge in [0, 0.05) is 17.5 Å². The first-order valence-electron chi connectivity index (χ1n) is 9.14. The minimum atomic E-state index is -0.221. The van der Waals surface area contributed by atoms with Gasteiger partial charge in [0.25, 0.3) is 0 Å². The van der Waals surface area contributed by atoms with Crippen molar-refractivity contribution in [3.63, 3.8) is 0 Å². The molecule has 0 radical (unpaired) electrons. The van der Waals surface area contributed by atoms with Crippen LogP contribution >= 0.6 is 0 Å². The van der Waals surface area contributed by atoms with Crippen LogP contribution in [-0.2, 0) is 0 Å². The second kappa shape index (κ2) is 6.47. The average Bonchev–Trinajstić information content (AvgIpc) is 3.19. The first kappa shape index (κ1) is 15.9. The second-order valence-corrected chi connectivity index (χ2v) is 6.79. The molecule has 4 heteroatoms. The highest BCUT2D eigenvalue weighted by Gasteiger charge is 2.40. The van der Waals surface area contributed by atoms with Gasteiger partial charge in [0.1, 0.15) is 11.5 Å². The first-order valence-corrected chi connectivity index (χ1v) is 9.14. The van der Waals surface area contributed by atoms with Crippen molar-refractivity contribution in [3.8, 4) is 11.5 Å². The molecule has 0 N–H and O–H groups in total. The minimum Gasteiger partial charge on any atom is -0.497 e. The molecule has 0 aliphatic carbocycles. The molecule has 0 aromatic heterocycles. The van der Waals surface area contributed by atoms with Crippen molar-refractivity contribution in [2.24, 2.45) is 5.10 Å². The van der Waals surface area contributed by atoms with E-state index in [1.165, 1.54) is 5.56 Å². The van der Waals surface area contributed by atoms with E-state index in [2.05, 4.69) is 41.4 Å². The number of hydrogen-bond acceptors (Lipinski definition) is 4. The average molecular weight is 356 g/mol. The van der Waals surface area contributed by atoms with E-state index in [-0.39, 0.29) is 12.3 Å². The lowest BCUT2D eigenvalue weighted by molar-refractivity contribution is -0.0190. The van der Waals surface area contributed by atoms with Crippen LogP contribution < -0.4 is 9.47 Å². The van der Waals surface area contributed by atoms with Gasteiger partial charge < -0.3 is 9.47 Å². The fourth-order valence-corrected chi connectivity index (χ4v) is 3.83. The zero-order chi connectivity index (χ0) is 18.2. The molecule has 2 aliphatic rings. The minimum absolute atomic E-state index is 0.178. The lowest BCUT2D eigenvalue weighted by atomic mass is 9.96. The zero-order valence-electron chi connectivity index (χ0n) is 15.1. The topological polar surface area (TPSA) is 34.1 Å². The Labute approximate surface area is 158 Å². The van der Waals surface area contributed by atoms with Crippen molar-refractivity contribution in [2.75, 3.05) is 7.11 Å². The molecular weight excluding hydrogens is 336 g/mol. The Bertz CT molecular complexity index is 983. The normalized spacial score (nSPS) is 20.3. The van der Waals surface area contributed by atoms with Crippen molar-refractivity contribution in [1.29, 1.82) is 0 Å². The number of benzene rings is 3. The molecule has 3 aromatic carbocycles. The molecule has 5 rings (SSSR count). The number of hydrazone groups is 1. The van der Waals surface area contributed by atoms with E-state index in [4.69, 9.17) is 14.6 Å². The molecule has 0 bridgehead atoms. The van der Waals surface area contributed by atoms with Crippen LogP contribution in [-0.4, -0.2) is 17.8 Å². The summed E-state index contributed by atoms with van der Waals surface area (Å²) in [5.74, 6) is 1.80. The Hall–Kier alpha value is -3.27. The summed E-state index contributed by atoms with van der Waals surface area (Å²) in [5.41, 5.74) is 4.49. The van der Waals surface area contributed by atoms with Gasteiger partial charge in [-0.1, -0.05) is 48.5 Å². The van der Waals surface area contributed by atoms with Crippen LogP contribution in [0, 0.1) is 0 Å². The Morgan fingerprint density at radius 1 is 0.926 bits per heavy atom. The first-order chi connectivity index (χ1) is 13.3. The highest BCUT2D eigenvalue weighted by atomic mass is 16.5. The van der Waals surface area contributed by atoms with E-state index >= 15 is 0 Å². The maximum Gasteiger partial charge on any atom is 0.213 e. The zero-order valence-corrected chi connectivity index (χ0v) is 15.1. The van der Waals surface area contributed by atoms with E-state index in [9.17, 15) is 0 Å². The number of ether oxygens (including phenoxy) is 2. The van der Waals surface area contributed by atoms with Gasteiger partial charge in [0.05, 0.1) is 18.9 Å². The number of fused-ring (bicyclic) bond motifs is 3. The van der Waals surface area contributed by atoms with Gasteiger partial charge in [-0.2, -0.15) is 5.10 Å². The lowest BCUT2D eigenvalue weighted by Crippen LogP contribution is -2.33. The van der Waals surface area contributed by atoms with Gasteiger partial charge in [0.15, 0.2) is 0 Å². The number of hydrogen-bond donors (Lipinski definition) is 0. The maximum atomic E-state index is 6.35. The summed E-state index contributed by atoms with van der Waals surface area (Å²) < 4.78 is 11.6. The number of para-hydroxylation sites is 1. The smallest absolute Gasteiger partial charge is 0.213 e. The summed E-state index contributed by atoms with van der Waals surface area (Å²) in [4.78, 5) is 0. The summed E-state index contributed by atoms with van der Waals surface area (Å²) in [7, 11) is 1.68. The largest absolute Gasteiger partial charge is 0.497 e. The molecule has 0 fully saturated rings. The van der Waals surface area contributed by atoms with Gasteiger partial charge in [-0.3, -0.25) is 0 Å². The van der Waals surface area contributed by atoms with Crippen LogP contribution in [0.2, 0.25) is 0 Å². The molecule has 2 heterocycles. The standard InChI is InChI=1S/C23H20N2O2/c1-26-18-13-11-16(12-14-18)20-15-21-19-9-5-6-10-22(19)27-23(25(21)24-20)17-7-3-2-4-8-17/h2-14,21,23H,15H2,1H3. The fourth-order valence-electron chi connectivity index (χ4n) is 3.83. The summed E-state index contributed by atoms with van der Waals surface area (Å²) in [5, 5.41) is 7.09. The highest BCUT2D eigenvalue weighted by molar-refractivity contribution is 6.02.